The van der Waals surface area contributed by atoms with Crippen LogP contribution in [0.3, 0.4) is 0 Å². The van der Waals surface area contributed by atoms with Crippen molar-refractivity contribution in [1.29, 1.82) is 0 Å². The molecule has 2 amide bonds. The van der Waals surface area contributed by atoms with Crippen LogP contribution < -0.4 is 22.0 Å². The van der Waals surface area contributed by atoms with Gasteiger partial charge in [-0.1, -0.05) is 16.9 Å². The Labute approximate surface area is 207 Å². The van der Waals surface area contributed by atoms with Crippen LogP contribution in [-0.4, -0.2) is 85.4 Å². The van der Waals surface area contributed by atoms with Gasteiger partial charge in [0.05, 0.1) is 0 Å². The molecule has 3 aliphatic heterocycles. The van der Waals surface area contributed by atoms with Crippen LogP contribution >= 0.6 is 34.9 Å². The molecule has 0 saturated carbocycles. The fourth-order valence-corrected chi connectivity index (χ4v) is 6.10. The molecule has 0 aliphatic carbocycles. The van der Waals surface area contributed by atoms with Crippen molar-refractivity contribution in [2.45, 2.75) is 18.0 Å². The molecule has 4 heterocycles. The highest BCUT2D eigenvalue weighted by Crippen LogP contribution is 2.41. The molecule has 6 N–H and O–H groups in total. The van der Waals surface area contributed by atoms with Crippen molar-refractivity contribution >= 4 is 68.7 Å². The zero-order chi connectivity index (χ0) is 25.3. The molecule has 35 heavy (non-hydrogen) atoms. The van der Waals surface area contributed by atoms with E-state index < -0.39 is 41.5 Å². The fourth-order valence-electron chi connectivity index (χ4n) is 3.23. The first-order chi connectivity index (χ1) is 16.7. The van der Waals surface area contributed by atoms with E-state index in [9.17, 15) is 28.3 Å². The standard InChI is InChI=1S/C16H17F2N9O5S3/c1-26-23-16(22-25-26)35-3-5-2-33-12-8(11(29)27(12)9(5)13(30)31)21-10(28)7(24-32-14(17)18)6-4-34-15(19)20-6/h4,8,12,14,25H,2-3H2,1H3,(H2,19,20)(H,21,28)(H,22,23)(H,30,31)/t8?,12-/m0/s1. The highest BCUT2D eigenvalue weighted by Gasteiger charge is 2.54. The first-order valence-corrected chi connectivity index (χ1v) is 12.5. The van der Waals surface area contributed by atoms with Crippen molar-refractivity contribution in [3.8, 4) is 0 Å². The van der Waals surface area contributed by atoms with E-state index in [2.05, 4.69) is 36.4 Å². The number of nitrogen functional groups attached to an aromatic ring is 1. The van der Waals surface area contributed by atoms with E-state index in [1.54, 1.807) is 7.05 Å². The Morgan fingerprint density at radius 2 is 2.29 bits per heavy atom. The number of nitrogens with zero attached hydrogens (tertiary/aromatic N) is 5. The number of hydrazone groups is 1. The number of thioether (sulfide) groups is 2. The molecular weight excluding hydrogens is 532 g/mol. The number of carbonyl (C=O) groups is 3. The van der Waals surface area contributed by atoms with Gasteiger partial charge in [-0.15, -0.1) is 33.7 Å². The molecule has 2 atom stereocenters. The van der Waals surface area contributed by atoms with Crippen LogP contribution in [0.1, 0.15) is 5.69 Å². The number of carboxylic acid groups (broad SMARTS) is 1. The molecule has 4 rings (SSSR count). The number of carboxylic acids is 1. The van der Waals surface area contributed by atoms with Crippen molar-refractivity contribution in [3.63, 3.8) is 0 Å². The number of thiazole rings is 1. The van der Waals surface area contributed by atoms with Crippen molar-refractivity contribution in [1.82, 2.24) is 31.3 Å². The van der Waals surface area contributed by atoms with E-state index in [0.29, 0.717) is 10.7 Å². The number of oxime groups is 1. The van der Waals surface area contributed by atoms with E-state index in [1.807, 2.05) is 0 Å². The summed E-state index contributed by atoms with van der Waals surface area (Å²) in [5.41, 5.74) is 10.7. The van der Waals surface area contributed by atoms with Gasteiger partial charge >= 0.3 is 12.6 Å². The largest absolute Gasteiger partial charge is 0.477 e. The van der Waals surface area contributed by atoms with Gasteiger partial charge in [0.2, 0.25) is 0 Å². The zero-order valence-corrected chi connectivity index (χ0v) is 20.0. The number of fused-ring (bicyclic) bond motifs is 1. The molecule has 1 fully saturated rings. The van der Waals surface area contributed by atoms with E-state index in [4.69, 9.17) is 5.73 Å². The summed E-state index contributed by atoms with van der Waals surface area (Å²) < 4.78 is 25.0. The maximum Gasteiger partial charge on any atom is 0.407 e. The lowest BCUT2D eigenvalue weighted by molar-refractivity contribution is -0.150. The van der Waals surface area contributed by atoms with Crippen molar-refractivity contribution < 1.29 is 33.1 Å². The van der Waals surface area contributed by atoms with Crippen molar-refractivity contribution in [3.05, 3.63) is 22.3 Å². The van der Waals surface area contributed by atoms with Crippen molar-refractivity contribution in [2.75, 3.05) is 24.3 Å². The van der Waals surface area contributed by atoms with E-state index >= 15 is 0 Å². The zero-order valence-electron chi connectivity index (χ0n) is 17.6. The molecule has 19 heteroatoms. The summed E-state index contributed by atoms with van der Waals surface area (Å²) in [6.45, 7) is -3.29. The number of amidine groups is 1. The van der Waals surface area contributed by atoms with Gasteiger partial charge in [-0.25, -0.2) is 14.9 Å². The monoisotopic (exact) mass is 549 g/mol. The van der Waals surface area contributed by atoms with Crippen molar-refractivity contribution in [2.24, 2.45) is 10.3 Å². The molecule has 1 aromatic heterocycles. The molecule has 0 aromatic carbocycles. The maximum absolute atomic E-state index is 12.8. The first kappa shape index (κ1) is 24.9. The highest BCUT2D eigenvalue weighted by molar-refractivity contribution is 8.14. The van der Waals surface area contributed by atoms with Gasteiger partial charge in [0.25, 0.3) is 11.8 Å². The Morgan fingerprint density at radius 1 is 1.51 bits per heavy atom. The number of hydrazine groups is 2. The maximum atomic E-state index is 12.8. The summed E-state index contributed by atoms with van der Waals surface area (Å²) in [6, 6.07) is -1.11. The number of carbonyl (C=O) groups excluding carboxylic acids is 2. The molecule has 1 aromatic rings. The second-order valence-electron chi connectivity index (χ2n) is 6.95. The van der Waals surface area contributed by atoms with Gasteiger partial charge in [0, 0.05) is 23.9 Å². The number of hydrogen-bond acceptors (Lipinski definition) is 14. The Hall–Kier alpha value is -3.16. The van der Waals surface area contributed by atoms with Gasteiger partial charge in [-0.2, -0.15) is 8.78 Å². The van der Waals surface area contributed by atoms with Gasteiger partial charge in [-0.3, -0.25) is 19.9 Å². The number of halogens is 2. The normalized spacial score (nSPS) is 22.0. The number of nitrogens with one attached hydrogen (secondary N) is 3. The number of anilines is 1. The number of alkyl halides is 2. The van der Waals surface area contributed by atoms with Crippen LogP contribution in [0.5, 0.6) is 0 Å². The molecule has 0 spiro atoms. The fraction of sp³-hybridized carbons (Fsp3) is 0.375. The predicted molar refractivity (Wildman–Crippen MR) is 124 cm³/mol. The average molecular weight is 550 g/mol. The highest BCUT2D eigenvalue weighted by atomic mass is 32.2. The number of rotatable bonds is 8. The second kappa shape index (κ2) is 10.2. The molecule has 188 valence electrons. The molecular formula is C16H17F2N9O5S3. The lowest BCUT2D eigenvalue weighted by Gasteiger charge is -2.49. The van der Waals surface area contributed by atoms with Gasteiger partial charge in [0.15, 0.2) is 16.0 Å². The minimum atomic E-state index is -3.29. The third kappa shape index (κ3) is 5.26. The molecule has 14 nitrogen and oxygen atoms in total. The molecule has 1 saturated heterocycles. The number of β-lactam (4-membered cyclic amide) rings is 1. The topological polar surface area (TPSA) is 187 Å². The van der Waals surface area contributed by atoms with Gasteiger partial charge in [-0.05, 0) is 5.57 Å². The summed E-state index contributed by atoms with van der Waals surface area (Å²) >= 11 is 3.46. The lowest BCUT2D eigenvalue weighted by atomic mass is 10.0. The van der Waals surface area contributed by atoms with E-state index in [0.717, 1.165) is 16.2 Å². The molecule has 3 aliphatic rings. The summed E-state index contributed by atoms with van der Waals surface area (Å²) in [5.74, 6) is -2.41. The van der Waals surface area contributed by atoms with E-state index in [1.165, 1.54) is 34.0 Å². The number of aromatic nitrogens is 1. The first-order valence-electron chi connectivity index (χ1n) is 9.56. The van der Waals surface area contributed by atoms with Crippen LogP contribution in [0.15, 0.2) is 26.9 Å². The van der Waals surface area contributed by atoms with E-state index in [-0.39, 0.29) is 28.0 Å². The summed E-state index contributed by atoms with van der Waals surface area (Å²) in [6.07, 6.45) is 0. The van der Waals surface area contributed by atoms with Crippen LogP contribution in [0.2, 0.25) is 0 Å². The quantitative estimate of drug-likeness (QED) is 0.157. The third-order valence-corrected chi connectivity index (χ3v) is 7.65. The summed E-state index contributed by atoms with van der Waals surface area (Å²) in [4.78, 5) is 46.4. The van der Waals surface area contributed by atoms with Crippen LogP contribution in [-0.2, 0) is 19.2 Å². The molecule has 0 bridgehead atoms. The Bertz CT molecular complexity index is 1140. The minimum Gasteiger partial charge on any atom is -0.477 e. The van der Waals surface area contributed by atoms with Crippen LogP contribution in [0.25, 0.3) is 0 Å². The third-order valence-electron chi connectivity index (χ3n) is 4.69. The van der Waals surface area contributed by atoms with Crippen LogP contribution in [0.4, 0.5) is 13.9 Å². The Balaban J connectivity index is 1.48. The lowest BCUT2D eigenvalue weighted by Crippen LogP contribution is -2.71. The Kier molecular flexibility index (Phi) is 7.28. The minimum absolute atomic E-state index is 0.0640. The Morgan fingerprint density at radius 3 is 2.89 bits per heavy atom. The second-order valence-corrected chi connectivity index (χ2v) is 9.91. The average Bonchev–Trinajstić information content (AvgIpc) is 3.42. The summed E-state index contributed by atoms with van der Waals surface area (Å²) in [7, 11) is 1.68. The smallest absolute Gasteiger partial charge is 0.407 e. The number of nitrogens with two attached hydrogens (primary N) is 1. The summed E-state index contributed by atoms with van der Waals surface area (Å²) in [5, 5.41) is 22.1. The van der Waals surface area contributed by atoms with Gasteiger partial charge < -0.3 is 21.0 Å². The number of aliphatic carboxylic acids is 1. The molecule has 0 radical (unpaired) electrons. The van der Waals surface area contributed by atoms with Crippen LogP contribution in [0, 0.1) is 0 Å². The SMILES string of the molecule is CN1N=C(SCC2=C(C(=O)O)N3C(=O)C(NC(=O)C(=NOC(F)F)c4csc(N)n4)[C@@H]3SC2)NN1. The predicted octanol–water partition coefficient (Wildman–Crippen LogP) is -0.634. The van der Waals surface area contributed by atoms with Gasteiger partial charge in [0.1, 0.15) is 22.8 Å². The number of amides is 2. The number of hydrogen-bond donors (Lipinski definition) is 5. The molecule has 1 unspecified atom stereocenters.